The van der Waals surface area contributed by atoms with E-state index in [0.717, 1.165) is 44.9 Å². The molecule has 6 heteroatoms. The smallest absolute Gasteiger partial charge is 0.123 e. The minimum Gasteiger partial charge on any atom is -0.276 e. The van der Waals surface area contributed by atoms with Crippen molar-refractivity contribution in [2.75, 3.05) is 0 Å². The summed E-state index contributed by atoms with van der Waals surface area (Å²) in [5, 5.41) is 15.6. The monoisotopic (exact) mass is 337 g/mol. The van der Waals surface area contributed by atoms with E-state index in [4.69, 9.17) is 4.98 Å². The molecule has 2 N–H and O–H groups in total. The molecule has 0 aliphatic heterocycles. The van der Waals surface area contributed by atoms with Crippen LogP contribution in [0.2, 0.25) is 0 Å². The number of aromatic amines is 2. The van der Waals surface area contributed by atoms with Gasteiger partial charge in [0.05, 0.1) is 33.9 Å². The lowest BCUT2D eigenvalue weighted by molar-refractivity contribution is 1.05. The number of para-hydroxylation sites is 1. The van der Waals surface area contributed by atoms with E-state index < -0.39 is 0 Å². The van der Waals surface area contributed by atoms with E-state index in [1.807, 2.05) is 60.7 Å². The van der Waals surface area contributed by atoms with Crippen molar-refractivity contribution in [1.82, 2.24) is 30.4 Å². The average Bonchev–Trinajstić information content (AvgIpc) is 3.37. The number of hydrogen-bond acceptors (Lipinski definition) is 4. The van der Waals surface area contributed by atoms with Crippen LogP contribution in [0.1, 0.15) is 0 Å². The highest BCUT2D eigenvalue weighted by Crippen LogP contribution is 2.30. The van der Waals surface area contributed by atoms with E-state index in [2.05, 4.69) is 31.6 Å². The summed E-state index contributed by atoms with van der Waals surface area (Å²) in [6.07, 6.45) is 4.75. The van der Waals surface area contributed by atoms with Gasteiger partial charge in [0.1, 0.15) is 11.9 Å². The van der Waals surface area contributed by atoms with Crippen molar-refractivity contribution < 1.29 is 0 Å². The van der Waals surface area contributed by atoms with Crippen molar-refractivity contribution >= 4 is 10.9 Å². The molecule has 0 aliphatic rings. The van der Waals surface area contributed by atoms with Crippen molar-refractivity contribution in [3.63, 3.8) is 0 Å². The molecule has 26 heavy (non-hydrogen) atoms. The van der Waals surface area contributed by atoms with E-state index >= 15 is 0 Å². The molecule has 6 nitrogen and oxygen atoms in total. The zero-order valence-corrected chi connectivity index (χ0v) is 13.6. The predicted octanol–water partition coefficient (Wildman–Crippen LogP) is 3.88. The molecule has 0 amide bonds. The molecule has 0 bridgehead atoms. The number of hydrogen-bond donors (Lipinski definition) is 2. The number of aromatic nitrogens is 6. The third-order valence-electron chi connectivity index (χ3n) is 4.21. The van der Waals surface area contributed by atoms with Crippen LogP contribution in [0.4, 0.5) is 0 Å². The topological polar surface area (TPSA) is 83.1 Å². The van der Waals surface area contributed by atoms with Gasteiger partial charge in [-0.2, -0.15) is 10.2 Å². The molecular formula is C20H13N6. The molecule has 1 radical (unpaired) electrons. The van der Waals surface area contributed by atoms with Crippen LogP contribution in [0.25, 0.3) is 44.9 Å². The fourth-order valence-electron chi connectivity index (χ4n) is 2.93. The Hall–Kier alpha value is -3.80. The van der Waals surface area contributed by atoms with Gasteiger partial charge < -0.3 is 0 Å². The van der Waals surface area contributed by atoms with Gasteiger partial charge in [-0.1, -0.05) is 30.3 Å². The van der Waals surface area contributed by atoms with Crippen LogP contribution in [0, 0.1) is 6.20 Å². The second-order valence-corrected chi connectivity index (χ2v) is 5.86. The molecule has 4 heterocycles. The lowest BCUT2D eigenvalue weighted by atomic mass is 10.1. The number of nitrogens with zero attached hydrogens (tertiary/aromatic N) is 4. The first-order chi connectivity index (χ1) is 12.9. The summed E-state index contributed by atoms with van der Waals surface area (Å²) in [4.78, 5) is 9.07. The van der Waals surface area contributed by atoms with Crippen LogP contribution in [0.5, 0.6) is 0 Å². The Morgan fingerprint density at radius 3 is 2.65 bits per heavy atom. The Labute approximate surface area is 149 Å². The lowest BCUT2D eigenvalue weighted by Crippen LogP contribution is -1.87. The van der Waals surface area contributed by atoms with Crippen molar-refractivity contribution in [1.29, 1.82) is 0 Å². The van der Waals surface area contributed by atoms with Gasteiger partial charge in [0.2, 0.25) is 0 Å². The van der Waals surface area contributed by atoms with Crippen LogP contribution < -0.4 is 0 Å². The fourth-order valence-corrected chi connectivity index (χ4v) is 2.93. The maximum Gasteiger partial charge on any atom is 0.123 e. The molecule has 5 rings (SSSR count). The van der Waals surface area contributed by atoms with Gasteiger partial charge in [0.25, 0.3) is 0 Å². The second-order valence-electron chi connectivity index (χ2n) is 5.86. The maximum atomic E-state index is 4.73. The van der Waals surface area contributed by atoms with Crippen molar-refractivity contribution in [2.45, 2.75) is 0 Å². The van der Waals surface area contributed by atoms with Gasteiger partial charge in [0, 0.05) is 11.6 Å². The average molecular weight is 337 g/mol. The van der Waals surface area contributed by atoms with Crippen LogP contribution in [-0.2, 0) is 0 Å². The summed E-state index contributed by atoms with van der Waals surface area (Å²) < 4.78 is 0. The highest BCUT2D eigenvalue weighted by atomic mass is 15.2. The molecule has 123 valence electrons. The molecule has 4 aromatic heterocycles. The number of rotatable bonds is 3. The molecule has 0 fully saturated rings. The highest BCUT2D eigenvalue weighted by Gasteiger charge is 2.15. The summed E-state index contributed by atoms with van der Waals surface area (Å²) in [5.41, 5.74) is 5.70. The third kappa shape index (κ3) is 2.44. The van der Waals surface area contributed by atoms with Crippen molar-refractivity contribution in [2.24, 2.45) is 0 Å². The molecule has 5 aromatic rings. The molecule has 0 unspecified atom stereocenters. The van der Waals surface area contributed by atoms with E-state index in [1.54, 1.807) is 6.20 Å². The van der Waals surface area contributed by atoms with Gasteiger partial charge in [-0.15, -0.1) is 0 Å². The summed E-state index contributed by atoms with van der Waals surface area (Å²) in [5.74, 6) is 0. The van der Waals surface area contributed by atoms with E-state index in [9.17, 15) is 0 Å². The second kappa shape index (κ2) is 5.93. The van der Waals surface area contributed by atoms with Gasteiger partial charge in [-0.05, 0) is 30.3 Å². The number of H-pyrrole nitrogens is 2. The SMILES string of the molecule is [c]1n[nH]c(-c2cc(-c3ccccn3)[nH]n2)c1-c1ccc2ccccc2n1. The first-order valence-electron chi connectivity index (χ1n) is 8.18. The number of pyridine rings is 2. The van der Waals surface area contributed by atoms with Gasteiger partial charge >= 0.3 is 0 Å². The Balaban J connectivity index is 1.58. The standard InChI is InChI=1S/C20H13N6/c1-2-6-15-13(5-1)8-9-16(23-15)14-12-22-26-20(14)19-11-18(24-25-19)17-7-3-4-10-21-17/h1-11H,(H,22,26)(H,24,25). The van der Waals surface area contributed by atoms with Gasteiger partial charge in [-0.3, -0.25) is 15.2 Å². The predicted molar refractivity (Wildman–Crippen MR) is 99.0 cm³/mol. The largest absolute Gasteiger partial charge is 0.276 e. The van der Waals surface area contributed by atoms with Gasteiger partial charge in [-0.25, -0.2) is 4.98 Å². The first kappa shape index (κ1) is 14.5. The lowest BCUT2D eigenvalue weighted by Gasteiger charge is -2.02. The van der Waals surface area contributed by atoms with Crippen LogP contribution in [0.3, 0.4) is 0 Å². The Bertz CT molecular complexity index is 1190. The third-order valence-corrected chi connectivity index (χ3v) is 4.21. The minimum atomic E-state index is 0.740. The van der Waals surface area contributed by atoms with Crippen LogP contribution >= 0.6 is 0 Å². The Morgan fingerprint density at radius 1 is 0.808 bits per heavy atom. The molecule has 0 aliphatic carbocycles. The zero-order chi connectivity index (χ0) is 17.3. The minimum absolute atomic E-state index is 0.740. The first-order valence-corrected chi connectivity index (χ1v) is 8.18. The van der Waals surface area contributed by atoms with Crippen LogP contribution in [-0.4, -0.2) is 30.4 Å². The summed E-state index contributed by atoms with van der Waals surface area (Å²) in [6.45, 7) is 0. The van der Waals surface area contributed by atoms with Crippen molar-refractivity contribution in [3.05, 3.63) is 73.1 Å². The number of nitrogens with one attached hydrogen (secondary N) is 2. The van der Waals surface area contributed by atoms with E-state index in [0.29, 0.717) is 0 Å². The van der Waals surface area contributed by atoms with E-state index in [-0.39, 0.29) is 0 Å². The molecule has 0 atom stereocenters. The normalized spacial score (nSPS) is 11.1. The molecule has 0 spiro atoms. The van der Waals surface area contributed by atoms with Gasteiger partial charge in [0.15, 0.2) is 0 Å². The zero-order valence-electron chi connectivity index (χ0n) is 13.6. The number of fused-ring (bicyclic) bond motifs is 1. The van der Waals surface area contributed by atoms with E-state index in [1.165, 1.54) is 0 Å². The van der Waals surface area contributed by atoms with Crippen molar-refractivity contribution in [3.8, 4) is 34.0 Å². The molecule has 0 saturated carbocycles. The molecule has 1 aromatic carbocycles. The summed E-state index contributed by atoms with van der Waals surface area (Å²) in [7, 11) is 0. The quantitative estimate of drug-likeness (QED) is 0.523. The molecule has 0 saturated heterocycles. The molecular weight excluding hydrogens is 324 g/mol. The fraction of sp³-hybridized carbons (Fsp3) is 0. The van der Waals surface area contributed by atoms with Crippen LogP contribution in [0.15, 0.2) is 66.9 Å². The number of benzene rings is 1. The summed E-state index contributed by atoms with van der Waals surface area (Å²) >= 11 is 0. The Kier molecular flexibility index (Phi) is 3.31. The Morgan fingerprint density at radius 2 is 1.73 bits per heavy atom. The summed E-state index contributed by atoms with van der Waals surface area (Å²) in [6, 6.07) is 19.7. The highest BCUT2D eigenvalue weighted by molar-refractivity contribution is 5.84. The maximum absolute atomic E-state index is 4.73.